The van der Waals surface area contributed by atoms with Crippen LogP contribution in [0.5, 0.6) is 5.75 Å². The Hall–Kier alpha value is -2.97. The fraction of sp³-hybridized carbons (Fsp3) is 0.531. The molecule has 0 bridgehead atoms. The number of benzene rings is 2. The van der Waals surface area contributed by atoms with Gasteiger partial charge in [-0.05, 0) is 69.5 Å². The lowest BCUT2D eigenvalue weighted by molar-refractivity contribution is -0.139. The Morgan fingerprint density at radius 3 is 2.60 bits per heavy atom. The van der Waals surface area contributed by atoms with Crippen LogP contribution < -0.4 is 15.4 Å². The van der Waals surface area contributed by atoms with Crippen molar-refractivity contribution in [3.63, 3.8) is 0 Å². The first kappa shape index (κ1) is 28.6. The second kappa shape index (κ2) is 13.1. The highest BCUT2D eigenvalue weighted by Gasteiger charge is 2.40. The van der Waals surface area contributed by atoms with Gasteiger partial charge in [-0.25, -0.2) is 4.98 Å². The van der Waals surface area contributed by atoms with Crippen LogP contribution in [0.4, 0.5) is 0 Å². The molecule has 2 aromatic carbocycles. The lowest BCUT2D eigenvalue weighted by Gasteiger charge is -2.35. The number of nitrogens with zero attached hydrogens (tertiary/aromatic N) is 2. The maximum Gasteiger partial charge on any atom is 0.246 e. The molecule has 1 aliphatic heterocycles. The van der Waals surface area contributed by atoms with Gasteiger partial charge in [0, 0.05) is 22.9 Å². The lowest BCUT2D eigenvalue weighted by Crippen LogP contribution is -2.55. The zero-order valence-corrected chi connectivity index (χ0v) is 24.8. The molecule has 40 heavy (non-hydrogen) atoms. The van der Waals surface area contributed by atoms with Gasteiger partial charge in [0.15, 0.2) is 0 Å². The van der Waals surface area contributed by atoms with Crippen molar-refractivity contribution in [2.24, 2.45) is 5.92 Å². The Kier molecular flexibility index (Phi) is 9.37. The van der Waals surface area contributed by atoms with Crippen LogP contribution in [0.3, 0.4) is 0 Å². The topological polar surface area (TPSA) is 83.6 Å². The number of carbonyl (C=O) groups is 2. The highest BCUT2D eigenvalue weighted by atomic mass is 32.1. The van der Waals surface area contributed by atoms with Crippen LogP contribution >= 0.6 is 11.3 Å². The summed E-state index contributed by atoms with van der Waals surface area (Å²) in [4.78, 5) is 34.1. The Labute approximate surface area is 241 Å². The molecule has 1 saturated carbocycles. The first-order valence-electron chi connectivity index (χ1n) is 14.9. The van der Waals surface area contributed by atoms with Gasteiger partial charge in [-0.1, -0.05) is 50.5 Å². The van der Waals surface area contributed by atoms with Gasteiger partial charge in [-0.3, -0.25) is 9.59 Å². The van der Waals surface area contributed by atoms with E-state index in [-0.39, 0.29) is 29.8 Å². The number of hydrogen-bond donors (Lipinski definition) is 2. The van der Waals surface area contributed by atoms with Crippen LogP contribution in [0.15, 0.2) is 41.8 Å². The standard InChI is InChI=1S/C32H42N4O3S/c1-4-19-39-28-17-16-24(23-13-8-9-14-25(23)28)26-20-40-31(34-26)27-15-10-18-36(27)32(38)29(22-11-6-5-7-12-22)35-30(37)21(2)33-3/h8-9,13-14,16-17,20-22,27,29,33H,4-7,10-12,15,18-19H2,1-3H3,(H,35,37)/t21-,27-,29-/m0/s1. The Morgan fingerprint density at radius 2 is 1.85 bits per heavy atom. The van der Waals surface area contributed by atoms with Crippen molar-refractivity contribution in [1.82, 2.24) is 20.5 Å². The van der Waals surface area contributed by atoms with Crippen molar-refractivity contribution in [3.05, 3.63) is 46.8 Å². The zero-order chi connectivity index (χ0) is 28.1. The minimum Gasteiger partial charge on any atom is -0.493 e. The van der Waals surface area contributed by atoms with Crippen LogP contribution in [-0.4, -0.2) is 54.0 Å². The highest BCUT2D eigenvalue weighted by Crippen LogP contribution is 2.40. The van der Waals surface area contributed by atoms with Crippen LogP contribution in [0, 0.1) is 5.92 Å². The molecule has 1 saturated heterocycles. The molecule has 214 valence electrons. The van der Waals surface area contributed by atoms with Crippen molar-refractivity contribution < 1.29 is 14.3 Å². The Morgan fingerprint density at radius 1 is 1.07 bits per heavy atom. The van der Waals surface area contributed by atoms with Gasteiger partial charge in [0.2, 0.25) is 11.8 Å². The quantitative estimate of drug-likeness (QED) is 0.313. The van der Waals surface area contributed by atoms with E-state index in [0.29, 0.717) is 13.2 Å². The molecule has 0 radical (unpaired) electrons. The Bertz CT molecular complexity index is 1320. The molecule has 0 spiro atoms. The van der Waals surface area contributed by atoms with E-state index in [2.05, 4.69) is 47.2 Å². The maximum absolute atomic E-state index is 14.1. The van der Waals surface area contributed by atoms with Crippen molar-refractivity contribution in [1.29, 1.82) is 0 Å². The molecule has 2 N–H and O–H groups in total. The molecule has 2 fully saturated rings. The molecule has 8 heteroatoms. The lowest BCUT2D eigenvalue weighted by atomic mass is 9.83. The number of carbonyl (C=O) groups excluding carboxylic acids is 2. The van der Waals surface area contributed by atoms with Gasteiger partial charge in [0.1, 0.15) is 16.8 Å². The van der Waals surface area contributed by atoms with Crippen LogP contribution in [0.2, 0.25) is 0 Å². The summed E-state index contributed by atoms with van der Waals surface area (Å²) in [6.07, 6.45) is 8.18. The summed E-state index contributed by atoms with van der Waals surface area (Å²) in [7, 11) is 1.77. The summed E-state index contributed by atoms with van der Waals surface area (Å²) >= 11 is 1.63. The van der Waals surface area contributed by atoms with Gasteiger partial charge in [-0.15, -0.1) is 11.3 Å². The van der Waals surface area contributed by atoms with E-state index in [4.69, 9.17) is 9.72 Å². The first-order valence-corrected chi connectivity index (χ1v) is 15.8. The SMILES string of the molecule is CCCOc1ccc(-c2csc([C@@H]3CCCN3C(=O)[C@@H](NC(=O)[C@H](C)NC)C3CCCCC3)n2)c2ccccc12. The monoisotopic (exact) mass is 562 g/mol. The number of hydrogen-bond acceptors (Lipinski definition) is 6. The molecule has 2 heterocycles. The zero-order valence-electron chi connectivity index (χ0n) is 23.9. The molecular formula is C32H42N4O3S. The predicted molar refractivity (Wildman–Crippen MR) is 162 cm³/mol. The third-order valence-electron chi connectivity index (χ3n) is 8.48. The van der Waals surface area contributed by atoms with Gasteiger partial charge < -0.3 is 20.3 Å². The molecule has 2 amide bonds. The summed E-state index contributed by atoms with van der Waals surface area (Å²) in [5, 5.41) is 11.4. The van der Waals surface area contributed by atoms with E-state index < -0.39 is 6.04 Å². The fourth-order valence-electron chi connectivity index (χ4n) is 6.12. The van der Waals surface area contributed by atoms with E-state index in [1.807, 2.05) is 24.0 Å². The maximum atomic E-state index is 14.1. The molecular weight excluding hydrogens is 520 g/mol. The van der Waals surface area contributed by atoms with Crippen LogP contribution in [0.1, 0.15) is 76.3 Å². The molecule has 3 aromatic rings. The summed E-state index contributed by atoms with van der Waals surface area (Å²) < 4.78 is 6.01. The first-order chi connectivity index (χ1) is 19.5. The van der Waals surface area contributed by atoms with Crippen LogP contribution in [0.25, 0.3) is 22.0 Å². The number of ether oxygens (including phenoxy) is 1. The molecule has 1 aromatic heterocycles. The minimum atomic E-state index is -0.483. The van der Waals surface area contributed by atoms with Crippen LogP contribution in [-0.2, 0) is 9.59 Å². The second-order valence-electron chi connectivity index (χ2n) is 11.2. The number of likely N-dealkylation sites (tertiary alicyclic amines) is 1. The molecule has 7 nitrogen and oxygen atoms in total. The fourth-order valence-corrected chi connectivity index (χ4v) is 7.09. The summed E-state index contributed by atoms with van der Waals surface area (Å²) in [6.45, 7) is 5.33. The number of rotatable bonds is 10. The van der Waals surface area contributed by atoms with E-state index in [1.165, 1.54) is 6.42 Å². The predicted octanol–water partition coefficient (Wildman–Crippen LogP) is 6.09. The van der Waals surface area contributed by atoms with Gasteiger partial charge >= 0.3 is 0 Å². The molecule has 5 rings (SSSR count). The summed E-state index contributed by atoms with van der Waals surface area (Å²) in [5.74, 6) is 1.01. The molecule has 2 aliphatic rings. The Balaban J connectivity index is 1.40. The molecule has 3 atom stereocenters. The van der Waals surface area contributed by atoms with E-state index in [1.54, 1.807) is 18.4 Å². The van der Waals surface area contributed by atoms with Crippen molar-refractivity contribution in [2.75, 3.05) is 20.2 Å². The summed E-state index contributed by atoms with van der Waals surface area (Å²) in [6, 6.07) is 11.6. The highest BCUT2D eigenvalue weighted by molar-refractivity contribution is 7.10. The average Bonchev–Trinajstić information content (AvgIpc) is 3.68. The number of thiazole rings is 1. The average molecular weight is 563 g/mol. The van der Waals surface area contributed by atoms with Crippen molar-refractivity contribution in [2.45, 2.75) is 83.3 Å². The second-order valence-corrected chi connectivity index (χ2v) is 12.1. The third kappa shape index (κ3) is 6.03. The number of nitrogens with one attached hydrogen (secondary N) is 2. The van der Waals surface area contributed by atoms with Gasteiger partial charge in [-0.2, -0.15) is 0 Å². The van der Waals surface area contributed by atoms with Crippen molar-refractivity contribution in [3.8, 4) is 17.0 Å². The minimum absolute atomic E-state index is 0.0469. The largest absolute Gasteiger partial charge is 0.493 e. The summed E-state index contributed by atoms with van der Waals surface area (Å²) in [5.41, 5.74) is 2.00. The normalized spacial score (nSPS) is 19.5. The van der Waals surface area contributed by atoms with Crippen molar-refractivity contribution >= 4 is 33.9 Å². The molecule has 1 aliphatic carbocycles. The smallest absolute Gasteiger partial charge is 0.246 e. The van der Waals surface area contributed by atoms with Gasteiger partial charge in [0.25, 0.3) is 0 Å². The number of aromatic nitrogens is 1. The van der Waals surface area contributed by atoms with E-state index in [0.717, 1.165) is 77.7 Å². The number of amides is 2. The molecule has 0 unspecified atom stereocenters. The van der Waals surface area contributed by atoms with E-state index >= 15 is 0 Å². The number of fused-ring (bicyclic) bond motifs is 1. The van der Waals surface area contributed by atoms with E-state index in [9.17, 15) is 9.59 Å². The van der Waals surface area contributed by atoms with Gasteiger partial charge in [0.05, 0.1) is 24.4 Å². The number of likely N-dealkylation sites (N-methyl/N-ethyl adjacent to an activating group) is 1. The third-order valence-corrected chi connectivity index (χ3v) is 9.42.